The second-order valence-corrected chi connectivity index (χ2v) is 9.95. The Hall–Kier alpha value is -3.89. The molecule has 11 nitrogen and oxygen atoms in total. The number of rotatable bonds is 6. The Morgan fingerprint density at radius 2 is 2.08 bits per heavy atom. The Labute approximate surface area is 207 Å². The molecule has 1 amide bonds. The summed E-state index contributed by atoms with van der Waals surface area (Å²) < 4.78 is 9.03. The van der Waals surface area contributed by atoms with Crippen molar-refractivity contribution in [3.63, 3.8) is 0 Å². The molecule has 188 valence electrons. The van der Waals surface area contributed by atoms with E-state index in [1.54, 1.807) is 11.7 Å². The fourth-order valence-corrected chi connectivity index (χ4v) is 5.39. The minimum Gasteiger partial charge on any atom is -0.494 e. The SMILES string of the molecule is COc1cccc2c1[nH]c(=O)n2C1CCN(c2ncnc3c2nc(C(=O)NCC2CC2)n3C)CC1C. The van der Waals surface area contributed by atoms with Gasteiger partial charge in [-0.2, -0.15) is 0 Å². The molecule has 2 atom stereocenters. The van der Waals surface area contributed by atoms with Crippen LogP contribution in [0.2, 0.25) is 0 Å². The molecule has 2 unspecified atom stereocenters. The number of ether oxygens (including phenoxy) is 1. The largest absolute Gasteiger partial charge is 0.494 e. The van der Waals surface area contributed by atoms with E-state index in [1.807, 2.05) is 29.8 Å². The lowest BCUT2D eigenvalue weighted by Crippen LogP contribution is -2.42. The first-order valence-electron chi connectivity index (χ1n) is 12.4. The summed E-state index contributed by atoms with van der Waals surface area (Å²) in [5, 5.41) is 2.99. The molecular weight excluding hydrogens is 460 g/mol. The van der Waals surface area contributed by atoms with E-state index >= 15 is 0 Å². The van der Waals surface area contributed by atoms with Gasteiger partial charge in [0.1, 0.15) is 17.6 Å². The quantitative estimate of drug-likeness (QED) is 0.425. The summed E-state index contributed by atoms with van der Waals surface area (Å²) in [6, 6.07) is 5.73. The van der Waals surface area contributed by atoms with E-state index in [9.17, 15) is 9.59 Å². The fraction of sp³-hybridized carbons (Fsp3) is 0.480. The number of carbonyl (C=O) groups is 1. The maximum absolute atomic E-state index is 12.9. The molecule has 0 spiro atoms. The van der Waals surface area contributed by atoms with Crippen LogP contribution in [0.1, 0.15) is 42.8 Å². The third-order valence-electron chi connectivity index (χ3n) is 7.51. The number of aromatic amines is 1. The van der Waals surface area contributed by atoms with Crippen molar-refractivity contribution in [2.75, 3.05) is 31.6 Å². The highest BCUT2D eigenvalue weighted by Gasteiger charge is 2.32. The molecule has 1 aromatic carbocycles. The number of carbonyl (C=O) groups excluding carboxylic acids is 1. The van der Waals surface area contributed by atoms with Crippen LogP contribution in [0.3, 0.4) is 0 Å². The number of hydrogen-bond donors (Lipinski definition) is 2. The van der Waals surface area contributed by atoms with Crippen LogP contribution in [-0.2, 0) is 7.05 Å². The lowest BCUT2D eigenvalue weighted by molar-refractivity contribution is 0.0939. The predicted molar refractivity (Wildman–Crippen MR) is 136 cm³/mol. The van der Waals surface area contributed by atoms with Crippen LogP contribution in [-0.4, -0.2) is 61.7 Å². The highest BCUT2D eigenvalue weighted by atomic mass is 16.5. The van der Waals surface area contributed by atoms with Gasteiger partial charge in [0, 0.05) is 32.7 Å². The number of methoxy groups -OCH3 is 1. The Bertz CT molecular complexity index is 1520. The van der Waals surface area contributed by atoms with E-state index in [0.29, 0.717) is 48.3 Å². The maximum atomic E-state index is 12.9. The number of fused-ring (bicyclic) bond motifs is 2. The van der Waals surface area contributed by atoms with Gasteiger partial charge in [-0.15, -0.1) is 0 Å². The fourth-order valence-electron chi connectivity index (χ4n) is 5.39. The van der Waals surface area contributed by atoms with Gasteiger partial charge in [0.15, 0.2) is 17.0 Å². The number of H-pyrrole nitrogens is 1. The number of benzene rings is 1. The van der Waals surface area contributed by atoms with E-state index < -0.39 is 0 Å². The number of imidazole rings is 2. The van der Waals surface area contributed by atoms with Crippen molar-refractivity contribution in [2.45, 2.75) is 32.2 Å². The van der Waals surface area contributed by atoms with Crippen molar-refractivity contribution in [1.82, 2.24) is 34.4 Å². The van der Waals surface area contributed by atoms with Crippen LogP contribution >= 0.6 is 0 Å². The molecule has 4 heterocycles. The van der Waals surface area contributed by atoms with Crippen molar-refractivity contribution in [3.8, 4) is 5.75 Å². The first-order valence-corrected chi connectivity index (χ1v) is 12.4. The van der Waals surface area contributed by atoms with Crippen LogP contribution in [0.4, 0.5) is 5.82 Å². The van der Waals surface area contributed by atoms with E-state index in [-0.39, 0.29) is 23.6 Å². The molecule has 3 aromatic heterocycles. The van der Waals surface area contributed by atoms with Crippen molar-refractivity contribution in [3.05, 3.63) is 40.8 Å². The zero-order valence-corrected chi connectivity index (χ0v) is 20.7. The van der Waals surface area contributed by atoms with Gasteiger partial charge in [0.2, 0.25) is 5.82 Å². The van der Waals surface area contributed by atoms with Crippen LogP contribution in [0.5, 0.6) is 5.75 Å². The van der Waals surface area contributed by atoms with Crippen molar-refractivity contribution in [1.29, 1.82) is 0 Å². The predicted octanol–water partition coefficient (Wildman–Crippen LogP) is 2.24. The summed E-state index contributed by atoms with van der Waals surface area (Å²) in [7, 11) is 3.42. The van der Waals surface area contributed by atoms with Gasteiger partial charge < -0.3 is 24.5 Å². The molecular formula is C25H30N8O3. The standard InChI is InChI=1S/C25H30N8O3/c1-14-12-32(10-9-16(14)33-17-5-4-6-18(36-3)19(17)30-25(33)35)22-20-21(27-13-28-22)31(2)23(29-20)24(34)26-11-15-7-8-15/h4-6,13-16H,7-12H2,1-3H3,(H,26,34)(H,30,35). The minimum atomic E-state index is -0.186. The van der Waals surface area contributed by atoms with Crippen molar-refractivity contribution in [2.24, 2.45) is 18.9 Å². The van der Waals surface area contributed by atoms with Crippen LogP contribution in [0.25, 0.3) is 22.2 Å². The van der Waals surface area contributed by atoms with Gasteiger partial charge >= 0.3 is 5.69 Å². The van der Waals surface area contributed by atoms with E-state index in [2.05, 4.69) is 37.1 Å². The lowest BCUT2D eigenvalue weighted by Gasteiger charge is -2.38. The van der Waals surface area contributed by atoms with Gasteiger partial charge in [-0.3, -0.25) is 9.36 Å². The number of piperidine rings is 1. The monoisotopic (exact) mass is 490 g/mol. The Balaban J connectivity index is 1.28. The summed E-state index contributed by atoms with van der Waals surface area (Å²) in [5.74, 6) is 2.28. The van der Waals surface area contributed by atoms with Gasteiger partial charge in [-0.1, -0.05) is 13.0 Å². The number of aryl methyl sites for hydroxylation is 1. The molecule has 0 radical (unpaired) electrons. The molecule has 2 N–H and O–H groups in total. The minimum absolute atomic E-state index is 0.0272. The topological polar surface area (TPSA) is 123 Å². The summed E-state index contributed by atoms with van der Waals surface area (Å²) in [5.41, 5.74) is 2.69. The third kappa shape index (κ3) is 3.69. The molecule has 1 aliphatic heterocycles. The second-order valence-electron chi connectivity index (χ2n) is 9.95. The Morgan fingerprint density at radius 1 is 1.25 bits per heavy atom. The van der Waals surface area contributed by atoms with Gasteiger partial charge in [0.25, 0.3) is 5.91 Å². The third-order valence-corrected chi connectivity index (χ3v) is 7.51. The molecule has 1 saturated heterocycles. The summed E-state index contributed by atoms with van der Waals surface area (Å²) in [6.07, 6.45) is 4.63. The Morgan fingerprint density at radius 3 is 2.83 bits per heavy atom. The molecule has 6 rings (SSSR count). The molecule has 2 fully saturated rings. The zero-order valence-electron chi connectivity index (χ0n) is 20.7. The Kier molecular flexibility index (Phi) is 5.42. The molecule has 2 aliphatic rings. The highest BCUT2D eigenvalue weighted by molar-refractivity contribution is 5.96. The number of hydrogen-bond acceptors (Lipinski definition) is 7. The molecule has 1 aliphatic carbocycles. The van der Waals surface area contributed by atoms with E-state index in [1.165, 1.54) is 19.2 Å². The maximum Gasteiger partial charge on any atom is 0.326 e. The number of nitrogens with zero attached hydrogens (tertiary/aromatic N) is 6. The average molecular weight is 491 g/mol. The molecule has 1 saturated carbocycles. The van der Waals surface area contributed by atoms with Gasteiger partial charge in [0.05, 0.1) is 12.6 Å². The number of amides is 1. The highest BCUT2D eigenvalue weighted by Crippen LogP contribution is 2.34. The molecule has 0 bridgehead atoms. The van der Waals surface area contributed by atoms with E-state index in [0.717, 1.165) is 23.3 Å². The lowest BCUT2D eigenvalue weighted by atomic mass is 9.93. The van der Waals surface area contributed by atoms with Gasteiger partial charge in [-0.25, -0.2) is 19.7 Å². The molecule has 4 aromatic rings. The summed E-state index contributed by atoms with van der Waals surface area (Å²) >= 11 is 0. The zero-order chi connectivity index (χ0) is 25.0. The molecule has 11 heteroatoms. The van der Waals surface area contributed by atoms with Crippen molar-refractivity contribution >= 4 is 33.9 Å². The number of para-hydroxylation sites is 1. The number of aromatic nitrogens is 6. The first kappa shape index (κ1) is 22.6. The number of anilines is 1. The van der Waals surface area contributed by atoms with Crippen LogP contribution < -0.4 is 20.6 Å². The normalized spacial score (nSPS) is 20.2. The average Bonchev–Trinajstić information content (AvgIpc) is 3.57. The summed E-state index contributed by atoms with van der Waals surface area (Å²) in [6.45, 7) is 4.23. The number of nitrogens with one attached hydrogen (secondary N) is 2. The van der Waals surface area contributed by atoms with Crippen LogP contribution in [0, 0.1) is 11.8 Å². The van der Waals surface area contributed by atoms with Crippen LogP contribution in [0.15, 0.2) is 29.3 Å². The molecule has 36 heavy (non-hydrogen) atoms. The van der Waals surface area contributed by atoms with E-state index in [4.69, 9.17) is 4.74 Å². The summed E-state index contributed by atoms with van der Waals surface area (Å²) in [4.78, 5) is 44.5. The first-order chi connectivity index (χ1) is 17.5. The van der Waals surface area contributed by atoms with Crippen molar-refractivity contribution < 1.29 is 9.53 Å². The van der Waals surface area contributed by atoms with Gasteiger partial charge in [-0.05, 0) is 43.2 Å². The second kappa shape index (κ2) is 8.65. The smallest absolute Gasteiger partial charge is 0.326 e.